The van der Waals surface area contributed by atoms with E-state index in [0.717, 1.165) is 22.0 Å². The Bertz CT molecular complexity index is 1040. The maximum atomic E-state index is 12.6. The van der Waals surface area contributed by atoms with Crippen LogP contribution in [0.5, 0.6) is 0 Å². The van der Waals surface area contributed by atoms with Gasteiger partial charge in [0.1, 0.15) is 9.90 Å². The Morgan fingerprint density at radius 2 is 1.88 bits per heavy atom. The highest BCUT2D eigenvalue weighted by molar-refractivity contribution is 7.89. The van der Waals surface area contributed by atoms with Gasteiger partial charge in [-0.2, -0.15) is 0 Å². The van der Waals surface area contributed by atoms with Crippen LogP contribution in [0.15, 0.2) is 40.6 Å². The van der Waals surface area contributed by atoms with E-state index < -0.39 is 10.0 Å². The molecular formula is C18H20ClN3O2S2. The molecule has 2 aromatic heterocycles. The van der Waals surface area contributed by atoms with Gasteiger partial charge in [0.15, 0.2) is 0 Å². The lowest BCUT2D eigenvalue weighted by Gasteiger charge is -2.09. The molecule has 1 N–H and O–H groups in total. The molecule has 0 radical (unpaired) electrons. The molecule has 0 aliphatic heterocycles. The van der Waals surface area contributed by atoms with Crippen LogP contribution in [-0.4, -0.2) is 24.0 Å². The number of hydrogen-bond acceptors (Lipinski definition) is 4. The normalized spacial score (nSPS) is 12.1. The molecule has 3 rings (SSSR count). The second-order valence-corrected chi connectivity index (χ2v) is 9.34. The zero-order valence-electron chi connectivity index (χ0n) is 14.9. The second-order valence-electron chi connectivity index (χ2n) is 6.36. The smallest absolute Gasteiger partial charge is 0.242 e. The standard InChI is InChI=1S/C18H20ClN3O2S2/c1-11(2)21-26(23,24)17-9-16(22(4)12(17)3)18-20-15(10-25-18)13-5-7-14(19)8-6-13/h5-11,21H,1-4H3. The molecule has 8 heteroatoms. The van der Waals surface area contributed by atoms with Crippen molar-refractivity contribution in [3.8, 4) is 22.0 Å². The number of benzene rings is 1. The van der Waals surface area contributed by atoms with Crippen molar-refractivity contribution in [1.82, 2.24) is 14.3 Å². The molecule has 138 valence electrons. The van der Waals surface area contributed by atoms with E-state index in [4.69, 9.17) is 11.6 Å². The van der Waals surface area contributed by atoms with Crippen LogP contribution in [0.2, 0.25) is 5.02 Å². The molecule has 0 saturated carbocycles. The summed E-state index contributed by atoms with van der Waals surface area (Å²) in [4.78, 5) is 4.96. The Hall–Kier alpha value is -1.67. The molecule has 0 fully saturated rings. The molecule has 0 aliphatic carbocycles. The van der Waals surface area contributed by atoms with E-state index in [-0.39, 0.29) is 10.9 Å². The molecular weight excluding hydrogens is 390 g/mol. The zero-order valence-corrected chi connectivity index (χ0v) is 17.3. The minimum atomic E-state index is -3.56. The zero-order chi connectivity index (χ0) is 19.1. The average molecular weight is 410 g/mol. The fraction of sp³-hybridized carbons (Fsp3) is 0.278. The van der Waals surface area contributed by atoms with Gasteiger partial charge in [0.05, 0.1) is 11.4 Å². The van der Waals surface area contributed by atoms with Crippen molar-refractivity contribution in [2.24, 2.45) is 7.05 Å². The van der Waals surface area contributed by atoms with E-state index in [1.807, 2.05) is 41.3 Å². The Morgan fingerprint density at radius 1 is 1.23 bits per heavy atom. The number of thiazole rings is 1. The fourth-order valence-electron chi connectivity index (χ4n) is 2.67. The maximum Gasteiger partial charge on any atom is 0.242 e. The Labute approximate surface area is 162 Å². The van der Waals surface area contributed by atoms with E-state index in [9.17, 15) is 8.42 Å². The summed E-state index contributed by atoms with van der Waals surface area (Å²) >= 11 is 7.42. The highest BCUT2D eigenvalue weighted by Crippen LogP contribution is 2.32. The van der Waals surface area contributed by atoms with Crippen LogP contribution in [0, 0.1) is 6.92 Å². The maximum absolute atomic E-state index is 12.6. The third-order valence-corrected chi connectivity index (χ3v) is 6.92. The van der Waals surface area contributed by atoms with E-state index in [1.54, 1.807) is 26.8 Å². The number of rotatable bonds is 5. The average Bonchev–Trinajstić information content (AvgIpc) is 3.13. The Balaban J connectivity index is 2.01. The molecule has 1 aromatic carbocycles. The number of nitrogens with zero attached hydrogens (tertiary/aromatic N) is 2. The molecule has 0 amide bonds. The minimum Gasteiger partial charge on any atom is -0.345 e. The van der Waals surface area contributed by atoms with Crippen molar-refractivity contribution < 1.29 is 8.42 Å². The largest absolute Gasteiger partial charge is 0.345 e. The van der Waals surface area contributed by atoms with Crippen molar-refractivity contribution >= 4 is 33.0 Å². The molecule has 0 aliphatic rings. The van der Waals surface area contributed by atoms with Crippen molar-refractivity contribution in [2.45, 2.75) is 31.7 Å². The van der Waals surface area contributed by atoms with Gasteiger partial charge in [-0.3, -0.25) is 0 Å². The first-order valence-electron chi connectivity index (χ1n) is 8.09. The summed E-state index contributed by atoms with van der Waals surface area (Å²) in [5.74, 6) is 0. The van der Waals surface area contributed by atoms with Gasteiger partial charge in [-0.15, -0.1) is 11.3 Å². The molecule has 3 aromatic rings. The summed E-state index contributed by atoms with van der Waals surface area (Å²) in [6.45, 7) is 5.40. The first kappa shape index (κ1) is 19.1. The van der Waals surface area contributed by atoms with E-state index >= 15 is 0 Å². The molecule has 0 spiro atoms. The van der Waals surface area contributed by atoms with Crippen LogP contribution in [0.1, 0.15) is 19.5 Å². The summed E-state index contributed by atoms with van der Waals surface area (Å²) in [5, 5.41) is 3.41. The van der Waals surface area contributed by atoms with Crippen LogP contribution < -0.4 is 4.72 Å². The Morgan fingerprint density at radius 3 is 2.50 bits per heavy atom. The Kier molecular flexibility index (Phi) is 5.25. The lowest BCUT2D eigenvalue weighted by atomic mass is 10.2. The van der Waals surface area contributed by atoms with Crippen LogP contribution in [0.3, 0.4) is 0 Å². The highest BCUT2D eigenvalue weighted by Gasteiger charge is 2.24. The van der Waals surface area contributed by atoms with Crippen molar-refractivity contribution in [1.29, 1.82) is 0 Å². The summed E-state index contributed by atoms with van der Waals surface area (Å²) in [6, 6.07) is 9.00. The second kappa shape index (κ2) is 7.15. The van der Waals surface area contributed by atoms with Gasteiger partial charge in [-0.05, 0) is 39.0 Å². The highest BCUT2D eigenvalue weighted by atomic mass is 35.5. The van der Waals surface area contributed by atoms with Crippen molar-refractivity contribution in [3.63, 3.8) is 0 Å². The molecule has 0 saturated heterocycles. The summed E-state index contributed by atoms with van der Waals surface area (Å²) in [6.07, 6.45) is 0. The lowest BCUT2D eigenvalue weighted by Crippen LogP contribution is -2.30. The number of aromatic nitrogens is 2. The number of hydrogen-bond donors (Lipinski definition) is 1. The number of sulfonamides is 1. The van der Waals surface area contributed by atoms with Crippen molar-refractivity contribution in [3.05, 3.63) is 46.4 Å². The van der Waals surface area contributed by atoms with Gasteiger partial charge < -0.3 is 4.57 Å². The molecule has 2 heterocycles. The lowest BCUT2D eigenvalue weighted by molar-refractivity contribution is 0.569. The number of nitrogens with one attached hydrogen (secondary N) is 1. The van der Waals surface area contributed by atoms with E-state index in [1.165, 1.54) is 11.3 Å². The third kappa shape index (κ3) is 3.71. The summed E-state index contributed by atoms with van der Waals surface area (Å²) in [7, 11) is -1.71. The van der Waals surface area contributed by atoms with Gasteiger partial charge in [-0.1, -0.05) is 23.7 Å². The molecule has 0 atom stereocenters. The number of halogens is 1. The third-order valence-electron chi connectivity index (χ3n) is 4.03. The molecule has 26 heavy (non-hydrogen) atoms. The van der Waals surface area contributed by atoms with E-state index in [0.29, 0.717) is 10.7 Å². The quantitative estimate of drug-likeness (QED) is 0.676. The fourth-order valence-corrected chi connectivity index (χ4v) is 5.21. The van der Waals surface area contributed by atoms with Gasteiger partial charge in [0.25, 0.3) is 0 Å². The van der Waals surface area contributed by atoms with Gasteiger partial charge >= 0.3 is 0 Å². The molecule has 0 bridgehead atoms. The molecule has 5 nitrogen and oxygen atoms in total. The van der Waals surface area contributed by atoms with Gasteiger partial charge in [-0.25, -0.2) is 18.1 Å². The topological polar surface area (TPSA) is 64.0 Å². The first-order valence-corrected chi connectivity index (χ1v) is 10.8. The van der Waals surface area contributed by atoms with E-state index in [2.05, 4.69) is 9.71 Å². The van der Waals surface area contributed by atoms with Crippen LogP contribution in [0.4, 0.5) is 0 Å². The predicted octanol–water partition coefficient (Wildman–Crippen LogP) is 4.46. The van der Waals surface area contributed by atoms with Crippen LogP contribution in [-0.2, 0) is 17.1 Å². The molecule has 0 unspecified atom stereocenters. The monoisotopic (exact) mass is 409 g/mol. The SMILES string of the molecule is Cc1c(S(=O)(=O)NC(C)C)cc(-c2nc(-c3ccc(Cl)cc3)cs2)n1C. The predicted molar refractivity (Wildman–Crippen MR) is 107 cm³/mol. The van der Waals surface area contributed by atoms with Gasteiger partial charge in [0, 0.05) is 34.7 Å². The van der Waals surface area contributed by atoms with Crippen molar-refractivity contribution in [2.75, 3.05) is 0 Å². The first-order chi connectivity index (χ1) is 12.2. The van der Waals surface area contributed by atoms with Crippen LogP contribution in [0.25, 0.3) is 22.0 Å². The van der Waals surface area contributed by atoms with Crippen LogP contribution >= 0.6 is 22.9 Å². The van der Waals surface area contributed by atoms with Gasteiger partial charge in [0.2, 0.25) is 10.0 Å². The summed E-state index contributed by atoms with van der Waals surface area (Å²) in [5.41, 5.74) is 3.26. The minimum absolute atomic E-state index is 0.167. The summed E-state index contributed by atoms with van der Waals surface area (Å²) < 4.78 is 29.6.